The van der Waals surface area contributed by atoms with Crippen LogP contribution in [0.2, 0.25) is 0 Å². The van der Waals surface area contributed by atoms with Crippen molar-refractivity contribution < 1.29 is 8.42 Å². The Morgan fingerprint density at radius 1 is 1.33 bits per heavy atom. The molecular weight excluding hydrogens is 308 g/mol. The van der Waals surface area contributed by atoms with Gasteiger partial charge in [-0.2, -0.15) is 9.82 Å². The summed E-state index contributed by atoms with van der Waals surface area (Å²) in [4.78, 5) is 0.232. The Kier molecular flexibility index (Phi) is 5.00. The Morgan fingerprint density at radius 3 is 2.38 bits per heavy atom. The number of aromatic nitrogens is 2. The average molecular weight is 330 g/mol. The van der Waals surface area contributed by atoms with Gasteiger partial charge in [0.15, 0.2) is 5.03 Å². The molecule has 0 aromatic carbocycles. The summed E-state index contributed by atoms with van der Waals surface area (Å²) in [5, 5.41) is 4.04. The number of nitrogens with one attached hydrogen (secondary N) is 1. The molecule has 118 valence electrons. The number of sulfonamides is 1. The summed E-state index contributed by atoms with van der Waals surface area (Å²) in [6, 6.07) is 1.47. The van der Waals surface area contributed by atoms with Crippen LogP contribution in [0.5, 0.6) is 0 Å². The summed E-state index contributed by atoms with van der Waals surface area (Å²) in [7, 11) is -2.10. The summed E-state index contributed by atoms with van der Waals surface area (Å²) in [6.45, 7) is 0. The van der Waals surface area contributed by atoms with Crippen LogP contribution in [0, 0.1) is 0 Å². The minimum atomic E-state index is -3.70. The van der Waals surface area contributed by atoms with Crippen molar-refractivity contribution in [2.24, 2.45) is 12.8 Å². The second kappa shape index (κ2) is 6.41. The van der Waals surface area contributed by atoms with Crippen LogP contribution < -0.4 is 10.5 Å². The highest BCUT2D eigenvalue weighted by Crippen LogP contribution is 2.28. The van der Waals surface area contributed by atoms with Gasteiger partial charge in [0.25, 0.3) is 10.0 Å². The van der Waals surface area contributed by atoms with Gasteiger partial charge in [0.05, 0.1) is 16.7 Å². The van der Waals surface area contributed by atoms with E-state index in [0.717, 1.165) is 25.7 Å². The van der Waals surface area contributed by atoms with Crippen molar-refractivity contribution in [3.63, 3.8) is 0 Å². The molecule has 0 bridgehead atoms. The van der Waals surface area contributed by atoms with E-state index in [-0.39, 0.29) is 10.0 Å². The first-order valence-corrected chi connectivity index (χ1v) is 9.08. The number of thiocarbonyl (C=S) groups is 1. The summed E-state index contributed by atoms with van der Waals surface area (Å²) in [5.41, 5.74) is 5.08. The topological polar surface area (TPSA) is 90.0 Å². The van der Waals surface area contributed by atoms with Crippen molar-refractivity contribution >= 4 is 27.2 Å². The molecule has 1 saturated carbocycles. The first-order valence-electron chi connectivity index (χ1n) is 7.19. The van der Waals surface area contributed by atoms with Crippen molar-refractivity contribution in [2.75, 3.05) is 0 Å². The van der Waals surface area contributed by atoms with Crippen molar-refractivity contribution in [1.29, 1.82) is 0 Å². The summed E-state index contributed by atoms with van der Waals surface area (Å²) >= 11 is 5.19. The second-order valence-corrected chi connectivity index (χ2v) is 7.68. The summed E-state index contributed by atoms with van der Waals surface area (Å²) in [5.74, 6) is 0. The zero-order chi connectivity index (χ0) is 15.5. The third-order valence-corrected chi connectivity index (χ3v) is 6.06. The quantitative estimate of drug-likeness (QED) is 0.816. The van der Waals surface area contributed by atoms with Gasteiger partial charge in [-0.15, -0.1) is 0 Å². The van der Waals surface area contributed by atoms with E-state index < -0.39 is 15.6 Å². The molecule has 1 aliphatic carbocycles. The number of rotatable bonds is 4. The van der Waals surface area contributed by atoms with Crippen LogP contribution in [0.1, 0.15) is 44.9 Å². The van der Waals surface area contributed by atoms with E-state index in [1.807, 2.05) is 0 Å². The molecule has 0 radical (unpaired) electrons. The number of hydrogen-bond donors (Lipinski definition) is 2. The maximum Gasteiger partial charge on any atom is 0.258 e. The fourth-order valence-electron chi connectivity index (χ4n) is 2.84. The standard InChI is InChI=1S/C13H22N4O2S2/c1-17-11(7-10-15-17)21(18,19)16-13(12(14)20)8-5-3-2-4-6-9-13/h7,10,16H,2-6,8-9H2,1H3,(H2,14,20). The van der Waals surface area contributed by atoms with E-state index >= 15 is 0 Å². The smallest absolute Gasteiger partial charge is 0.258 e. The fourth-order valence-corrected chi connectivity index (χ4v) is 4.73. The average Bonchev–Trinajstić information content (AvgIpc) is 2.79. The van der Waals surface area contributed by atoms with Gasteiger partial charge in [0.1, 0.15) is 0 Å². The highest BCUT2D eigenvalue weighted by atomic mass is 32.2. The van der Waals surface area contributed by atoms with Crippen molar-refractivity contribution in [3.05, 3.63) is 12.3 Å². The first kappa shape index (κ1) is 16.4. The zero-order valence-electron chi connectivity index (χ0n) is 12.2. The molecule has 0 spiro atoms. The van der Waals surface area contributed by atoms with Gasteiger partial charge in [0.2, 0.25) is 0 Å². The lowest BCUT2D eigenvalue weighted by Gasteiger charge is -2.35. The summed E-state index contributed by atoms with van der Waals surface area (Å²) < 4.78 is 29.3. The largest absolute Gasteiger partial charge is 0.392 e. The molecule has 1 heterocycles. The van der Waals surface area contributed by atoms with Gasteiger partial charge in [-0.1, -0.05) is 44.3 Å². The second-order valence-electron chi connectivity index (χ2n) is 5.61. The third-order valence-electron chi connectivity index (χ3n) is 4.06. The molecule has 0 atom stereocenters. The molecule has 0 amide bonds. The normalized spacial score (nSPS) is 19.7. The predicted molar refractivity (Wildman–Crippen MR) is 85.4 cm³/mol. The van der Waals surface area contributed by atoms with Crippen LogP contribution in [-0.2, 0) is 17.1 Å². The maximum atomic E-state index is 12.6. The molecule has 1 fully saturated rings. The molecule has 21 heavy (non-hydrogen) atoms. The molecule has 6 nitrogen and oxygen atoms in total. The lowest BCUT2D eigenvalue weighted by molar-refractivity contribution is 0.370. The van der Waals surface area contributed by atoms with Crippen LogP contribution in [0.15, 0.2) is 17.3 Å². The summed E-state index contributed by atoms with van der Waals surface area (Å²) in [6.07, 6.45) is 7.95. The van der Waals surface area contributed by atoms with Crippen molar-refractivity contribution in [1.82, 2.24) is 14.5 Å². The zero-order valence-corrected chi connectivity index (χ0v) is 13.8. The Bertz CT molecular complexity index is 601. The number of hydrogen-bond acceptors (Lipinski definition) is 4. The van der Waals surface area contributed by atoms with E-state index in [1.54, 1.807) is 7.05 Å². The molecule has 0 aliphatic heterocycles. The van der Waals surface area contributed by atoms with E-state index in [9.17, 15) is 8.42 Å². The highest BCUT2D eigenvalue weighted by molar-refractivity contribution is 7.89. The minimum absolute atomic E-state index is 0.125. The van der Waals surface area contributed by atoms with E-state index in [0.29, 0.717) is 12.8 Å². The molecule has 1 aromatic rings. The van der Waals surface area contributed by atoms with Crippen molar-refractivity contribution in [3.8, 4) is 0 Å². The van der Waals surface area contributed by atoms with Gasteiger partial charge >= 0.3 is 0 Å². The van der Waals surface area contributed by atoms with Crippen LogP contribution in [0.25, 0.3) is 0 Å². The van der Waals surface area contributed by atoms with E-state index in [4.69, 9.17) is 18.0 Å². The van der Waals surface area contributed by atoms with Gasteiger partial charge in [0, 0.05) is 7.05 Å². The molecular formula is C13H22N4O2S2. The Labute approximate surface area is 131 Å². The molecule has 2 rings (SSSR count). The van der Waals surface area contributed by atoms with Gasteiger partial charge in [-0.3, -0.25) is 4.68 Å². The Morgan fingerprint density at radius 2 is 1.90 bits per heavy atom. The molecule has 0 saturated heterocycles. The van der Waals surface area contributed by atoms with Crippen LogP contribution in [0.3, 0.4) is 0 Å². The molecule has 1 aromatic heterocycles. The SMILES string of the molecule is Cn1nccc1S(=O)(=O)NC1(C(N)=S)CCCCCCC1. The van der Waals surface area contributed by atoms with E-state index in [1.165, 1.54) is 23.4 Å². The fraction of sp³-hybridized carbons (Fsp3) is 0.692. The number of aryl methyl sites for hydroxylation is 1. The number of nitrogens with two attached hydrogens (primary N) is 1. The molecule has 1 aliphatic rings. The highest BCUT2D eigenvalue weighted by Gasteiger charge is 2.38. The third kappa shape index (κ3) is 3.61. The van der Waals surface area contributed by atoms with Crippen LogP contribution >= 0.6 is 12.2 Å². The van der Waals surface area contributed by atoms with Gasteiger partial charge in [-0.05, 0) is 18.9 Å². The predicted octanol–water partition coefficient (Wildman–Crippen LogP) is 1.47. The van der Waals surface area contributed by atoms with Gasteiger partial charge in [-0.25, -0.2) is 8.42 Å². The number of nitrogens with zero attached hydrogens (tertiary/aromatic N) is 2. The Balaban J connectivity index is 2.31. The van der Waals surface area contributed by atoms with Gasteiger partial charge < -0.3 is 5.73 Å². The monoisotopic (exact) mass is 330 g/mol. The first-order chi connectivity index (χ1) is 9.87. The molecule has 8 heteroatoms. The molecule has 0 unspecified atom stereocenters. The van der Waals surface area contributed by atoms with E-state index in [2.05, 4.69) is 9.82 Å². The minimum Gasteiger partial charge on any atom is -0.392 e. The maximum absolute atomic E-state index is 12.6. The molecule has 3 N–H and O–H groups in total. The lowest BCUT2D eigenvalue weighted by Crippen LogP contribution is -2.57. The lowest BCUT2D eigenvalue weighted by atomic mass is 9.85. The Hall–Kier alpha value is -0.990. The van der Waals surface area contributed by atoms with Crippen LogP contribution in [-0.4, -0.2) is 28.7 Å². The van der Waals surface area contributed by atoms with Crippen LogP contribution in [0.4, 0.5) is 0 Å². The van der Waals surface area contributed by atoms with Crippen molar-refractivity contribution in [2.45, 2.75) is 55.5 Å².